The standard InChI is InChI=1S/2C24H21F2N3O/c1-30-29-22(15-8-9-15)23-20-10-11-24(14-21(20)27-28-23,16-4-2-6-18(25)12-16)17-5-3-7-19(26)13-17;25-18-8-2-6-16(12-18)24(17-7-3-9-19(26)13-17)11-10-20-21(14-24)27-28-23(20)22(29-30)15-4-1-5-15/h2-7,10-13,15H,8-9,14H2,1H3,(H,27,28);2-3,6-13,15,30H,1,4-5,14H2,(H,27,28). The van der Waals surface area contributed by atoms with Gasteiger partial charge in [0.05, 0.1) is 0 Å². The Morgan fingerprint density at radius 1 is 0.617 bits per heavy atom. The van der Waals surface area contributed by atoms with E-state index in [1.165, 1.54) is 55.6 Å². The lowest BCUT2D eigenvalue weighted by Crippen LogP contribution is -2.31. The Kier molecular flexibility index (Phi) is 10.3. The van der Waals surface area contributed by atoms with Crippen LogP contribution < -0.4 is 0 Å². The van der Waals surface area contributed by atoms with Gasteiger partial charge in [-0.1, -0.05) is 89.6 Å². The SMILES string of the molecule is CON=C(c1n[nH]c2c1C=CC(c1cccc(F)c1)(c1cccc(F)c1)C2)C1CC1.ON=C(c1n[nH]c2c1C=CC(c1cccc(F)c1)(c1cccc(F)c1)C2)C1CCC1. The van der Waals surface area contributed by atoms with Crippen LogP contribution in [-0.2, 0) is 28.5 Å². The zero-order chi connectivity index (χ0) is 41.4. The second-order valence-corrected chi connectivity index (χ2v) is 16.0. The number of rotatable bonds is 9. The van der Waals surface area contributed by atoms with Crippen molar-refractivity contribution in [3.63, 3.8) is 0 Å². The van der Waals surface area contributed by atoms with E-state index in [0.29, 0.717) is 30.2 Å². The van der Waals surface area contributed by atoms with E-state index in [1.807, 2.05) is 48.6 Å². The van der Waals surface area contributed by atoms with E-state index in [2.05, 4.69) is 30.7 Å². The molecule has 0 saturated heterocycles. The number of hydrogen-bond acceptors (Lipinski definition) is 6. The van der Waals surface area contributed by atoms with Crippen LogP contribution >= 0.6 is 0 Å². The molecule has 0 unspecified atom stereocenters. The molecule has 0 atom stereocenters. The predicted molar refractivity (Wildman–Crippen MR) is 222 cm³/mol. The summed E-state index contributed by atoms with van der Waals surface area (Å²) in [5.74, 6) is -0.746. The van der Waals surface area contributed by atoms with Gasteiger partial charge in [0.2, 0.25) is 0 Å². The summed E-state index contributed by atoms with van der Waals surface area (Å²) in [6, 6.07) is 25.8. The maximum atomic E-state index is 14.1. The van der Waals surface area contributed by atoms with E-state index in [4.69, 9.17) is 4.84 Å². The predicted octanol–water partition coefficient (Wildman–Crippen LogP) is 10.2. The summed E-state index contributed by atoms with van der Waals surface area (Å²) in [6.07, 6.45) is 14.1. The molecule has 2 fully saturated rings. The molecule has 0 amide bonds. The summed E-state index contributed by atoms with van der Waals surface area (Å²) in [4.78, 5) is 5.05. The number of benzene rings is 4. The molecular formula is C48H42F4N6O2. The molecule has 4 aliphatic rings. The van der Waals surface area contributed by atoms with Gasteiger partial charge >= 0.3 is 0 Å². The van der Waals surface area contributed by atoms with Crippen molar-refractivity contribution in [1.82, 2.24) is 20.4 Å². The fraction of sp³-hybridized carbons (Fsp3) is 0.250. The molecule has 2 heterocycles. The number of fused-ring (bicyclic) bond motifs is 2. The van der Waals surface area contributed by atoms with Crippen LogP contribution in [-0.4, -0.2) is 44.1 Å². The number of allylic oxidation sites excluding steroid dienone is 2. The number of hydrogen-bond donors (Lipinski definition) is 3. The average Bonchev–Trinajstić information content (AvgIpc) is 3.87. The van der Waals surface area contributed by atoms with Crippen LogP contribution in [0.5, 0.6) is 0 Å². The topological polar surface area (TPSA) is 112 Å². The van der Waals surface area contributed by atoms with Crippen molar-refractivity contribution < 1.29 is 27.6 Å². The highest BCUT2D eigenvalue weighted by molar-refractivity contribution is 6.05. The lowest BCUT2D eigenvalue weighted by atomic mass is 9.68. The van der Waals surface area contributed by atoms with Crippen LogP contribution in [0.2, 0.25) is 0 Å². The Morgan fingerprint density at radius 3 is 1.35 bits per heavy atom. The van der Waals surface area contributed by atoms with Crippen molar-refractivity contribution in [3.8, 4) is 0 Å². The van der Waals surface area contributed by atoms with Crippen LogP contribution in [0.3, 0.4) is 0 Å². The quantitative estimate of drug-likeness (QED) is 0.0584. The van der Waals surface area contributed by atoms with E-state index in [0.717, 1.165) is 88.3 Å². The van der Waals surface area contributed by atoms with Crippen molar-refractivity contribution in [2.75, 3.05) is 7.11 Å². The lowest BCUT2D eigenvalue weighted by molar-refractivity contribution is 0.212. The Hall–Kier alpha value is -6.56. The molecule has 2 aromatic heterocycles. The van der Waals surface area contributed by atoms with Crippen LogP contribution in [0.25, 0.3) is 12.2 Å². The monoisotopic (exact) mass is 810 g/mol. The van der Waals surface area contributed by atoms with E-state index in [1.54, 1.807) is 24.3 Å². The van der Waals surface area contributed by atoms with Gasteiger partial charge in [-0.25, -0.2) is 17.6 Å². The Morgan fingerprint density at radius 2 is 1.02 bits per heavy atom. The first-order chi connectivity index (χ1) is 29.2. The third kappa shape index (κ3) is 7.13. The van der Waals surface area contributed by atoms with Crippen LogP contribution in [0.4, 0.5) is 17.6 Å². The molecule has 3 N–H and O–H groups in total. The zero-order valence-corrected chi connectivity index (χ0v) is 32.8. The van der Waals surface area contributed by atoms with Crippen molar-refractivity contribution in [2.45, 2.75) is 55.8 Å². The minimum Gasteiger partial charge on any atom is -0.411 e. The van der Waals surface area contributed by atoms with Crippen molar-refractivity contribution in [2.24, 2.45) is 22.1 Å². The normalized spacial score (nSPS) is 17.9. The first-order valence-electron chi connectivity index (χ1n) is 20.1. The fourth-order valence-electron chi connectivity index (χ4n) is 8.88. The van der Waals surface area contributed by atoms with Gasteiger partial charge in [-0.3, -0.25) is 10.2 Å². The highest BCUT2D eigenvalue weighted by atomic mass is 19.1. The number of nitrogens with one attached hydrogen (secondary N) is 2. The summed E-state index contributed by atoms with van der Waals surface area (Å²) in [5.41, 5.74) is 8.04. The van der Waals surface area contributed by atoms with E-state index in [9.17, 15) is 22.8 Å². The van der Waals surface area contributed by atoms with Crippen LogP contribution in [0.1, 0.15) is 88.3 Å². The van der Waals surface area contributed by atoms with Gasteiger partial charge in [0.1, 0.15) is 53.2 Å². The number of H-pyrrole nitrogens is 2. The average molecular weight is 811 g/mol. The first kappa shape index (κ1) is 38.9. The lowest BCUT2D eigenvalue weighted by Gasteiger charge is -2.34. The molecule has 6 aromatic rings. The molecule has 12 heteroatoms. The molecule has 0 bridgehead atoms. The smallest absolute Gasteiger partial charge is 0.123 e. The van der Waals surface area contributed by atoms with E-state index in [-0.39, 0.29) is 29.2 Å². The molecule has 0 aliphatic heterocycles. The van der Waals surface area contributed by atoms with E-state index < -0.39 is 10.8 Å². The van der Waals surface area contributed by atoms with Gasteiger partial charge in [-0.05, 0) is 96.5 Å². The molecule has 0 spiro atoms. The number of nitrogens with zero attached hydrogens (tertiary/aromatic N) is 4. The molecule has 304 valence electrons. The first-order valence-corrected chi connectivity index (χ1v) is 20.1. The van der Waals surface area contributed by atoms with Crippen molar-refractivity contribution in [3.05, 3.63) is 189 Å². The summed E-state index contributed by atoms with van der Waals surface area (Å²) in [5, 5.41) is 32.5. The molecule has 4 aromatic carbocycles. The van der Waals surface area contributed by atoms with Gasteiger partial charge in [0.25, 0.3) is 0 Å². The number of aromatic nitrogens is 4. The van der Waals surface area contributed by atoms with Crippen LogP contribution in [0.15, 0.2) is 120 Å². The highest BCUT2D eigenvalue weighted by Gasteiger charge is 2.41. The second-order valence-electron chi connectivity index (χ2n) is 16.0. The third-order valence-electron chi connectivity index (χ3n) is 12.3. The molecule has 60 heavy (non-hydrogen) atoms. The van der Waals surface area contributed by atoms with Crippen LogP contribution in [0, 0.1) is 35.1 Å². The summed E-state index contributed by atoms with van der Waals surface area (Å²) < 4.78 is 56.5. The van der Waals surface area contributed by atoms with Gasteiger partial charge in [0, 0.05) is 58.0 Å². The Labute approximate surface area is 344 Å². The molecular weight excluding hydrogens is 769 g/mol. The van der Waals surface area contributed by atoms with Crippen molar-refractivity contribution >= 4 is 23.6 Å². The molecule has 4 aliphatic carbocycles. The Balaban J connectivity index is 0.000000154. The third-order valence-corrected chi connectivity index (χ3v) is 12.3. The zero-order valence-electron chi connectivity index (χ0n) is 32.8. The second kappa shape index (κ2) is 15.9. The van der Waals surface area contributed by atoms with E-state index >= 15 is 0 Å². The minimum atomic E-state index is -0.742. The van der Waals surface area contributed by atoms with Crippen molar-refractivity contribution in [1.29, 1.82) is 0 Å². The maximum Gasteiger partial charge on any atom is 0.123 e. The Bertz CT molecular complexity index is 2600. The van der Waals surface area contributed by atoms with Gasteiger partial charge < -0.3 is 10.0 Å². The molecule has 0 radical (unpaired) electrons. The van der Waals surface area contributed by atoms with Gasteiger partial charge in [0.15, 0.2) is 0 Å². The highest BCUT2D eigenvalue weighted by Crippen LogP contribution is 2.45. The summed E-state index contributed by atoms with van der Waals surface area (Å²) in [6.45, 7) is 0. The summed E-state index contributed by atoms with van der Waals surface area (Å²) >= 11 is 0. The number of aromatic amines is 2. The summed E-state index contributed by atoms with van der Waals surface area (Å²) in [7, 11) is 1.54. The largest absolute Gasteiger partial charge is 0.411 e. The minimum absolute atomic E-state index is 0.217. The number of halogens is 4. The molecule has 8 nitrogen and oxygen atoms in total. The maximum absolute atomic E-state index is 14.1. The van der Waals surface area contributed by atoms with Gasteiger partial charge in [-0.2, -0.15) is 10.2 Å². The molecule has 2 saturated carbocycles. The fourth-order valence-corrected chi connectivity index (χ4v) is 8.88. The molecule has 10 rings (SSSR count). The van der Waals surface area contributed by atoms with Gasteiger partial charge in [-0.15, -0.1) is 0 Å². The number of oxime groups is 2.